The lowest BCUT2D eigenvalue weighted by molar-refractivity contribution is 0.524. The zero-order chi connectivity index (χ0) is 13.4. The third kappa shape index (κ3) is 2.10. The average molecular weight is 263 g/mol. The van der Waals surface area contributed by atoms with Crippen molar-refractivity contribution in [2.45, 2.75) is 25.4 Å². The number of H-pyrrole nitrogens is 1. The minimum atomic E-state index is 0.528. The molecule has 0 unspecified atom stereocenters. The van der Waals surface area contributed by atoms with Crippen LogP contribution in [0.15, 0.2) is 48.5 Å². The fraction of sp³-hybridized carbons (Fsp3) is 0.235. The molecule has 1 aliphatic carbocycles. The summed E-state index contributed by atoms with van der Waals surface area (Å²) in [6.45, 7) is 0.799. The zero-order valence-electron chi connectivity index (χ0n) is 11.3. The van der Waals surface area contributed by atoms with E-state index in [9.17, 15) is 0 Å². The highest BCUT2D eigenvalue weighted by molar-refractivity contribution is 5.74. The van der Waals surface area contributed by atoms with Crippen molar-refractivity contribution in [1.29, 1.82) is 0 Å². The molecule has 3 heteroatoms. The van der Waals surface area contributed by atoms with E-state index in [0.29, 0.717) is 6.04 Å². The Morgan fingerprint density at radius 1 is 1.00 bits per heavy atom. The molecular formula is C17H17N3. The van der Waals surface area contributed by atoms with Crippen molar-refractivity contribution in [1.82, 2.24) is 15.3 Å². The van der Waals surface area contributed by atoms with Crippen molar-refractivity contribution in [3.63, 3.8) is 0 Å². The van der Waals surface area contributed by atoms with Crippen molar-refractivity contribution in [3.05, 3.63) is 65.5 Å². The van der Waals surface area contributed by atoms with Crippen LogP contribution in [0.2, 0.25) is 0 Å². The Labute approximate surface area is 118 Å². The quantitative estimate of drug-likeness (QED) is 0.763. The highest BCUT2D eigenvalue weighted by Gasteiger charge is 2.20. The van der Waals surface area contributed by atoms with Gasteiger partial charge in [0.2, 0.25) is 0 Å². The number of hydrogen-bond donors (Lipinski definition) is 2. The number of para-hydroxylation sites is 2. The summed E-state index contributed by atoms with van der Waals surface area (Å²) >= 11 is 0. The van der Waals surface area contributed by atoms with Gasteiger partial charge in [0.25, 0.3) is 0 Å². The van der Waals surface area contributed by atoms with E-state index in [1.54, 1.807) is 0 Å². The fourth-order valence-corrected chi connectivity index (χ4v) is 3.03. The maximum absolute atomic E-state index is 4.60. The van der Waals surface area contributed by atoms with E-state index >= 15 is 0 Å². The Hall–Kier alpha value is -2.13. The first-order valence-electron chi connectivity index (χ1n) is 7.12. The number of aromatic nitrogens is 2. The number of aromatic amines is 1. The maximum Gasteiger partial charge on any atom is 0.121 e. The van der Waals surface area contributed by atoms with E-state index < -0.39 is 0 Å². The number of nitrogens with zero attached hydrogens (tertiary/aromatic N) is 1. The van der Waals surface area contributed by atoms with Gasteiger partial charge in [0, 0.05) is 6.04 Å². The predicted molar refractivity (Wildman–Crippen MR) is 80.6 cm³/mol. The Kier molecular flexibility index (Phi) is 2.78. The smallest absolute Gasteiger partial charge is 0.121 e. The monoisotopic (exact) mass is 263 g/mol. The van der Waals surface area contributed by atoms with Crippen LogP contribution in [0.3, 0.4) is 0 Å². The summed E-state index contributed by atoms with van der Waals surface area (Å²) in [6, 6.07) is 17.4. The van der Waals surface area contributed by atoms with Crippen LogP contribution in [0.5, 0.6) is 0 Å². The minimum Gasteiger partial charge on any atom is -0.341 e. The van der Waals surface area contributed by atoms with Gasteiger partial charge in [-0.15, -0.1) is 0 Å². The number of imidazole rings is 1. The van der Waals surface area contributed by atoms with Crippen LogP contribution in [-0.2, 0) is 19.4 Å². The van der Waals surface area contributed by atoms with E-state index in [1.165, 1.54) is 11.1 Å². The summed E-state index contributed by atoms with van der Waals surface area (Å²) in [5.41, 5.74) is 5.11. The average Bonchev–Trinajstić information content (AvgIpc) is 3.07. The van der Waals surface area contributed by atoms with Gasteiger partial charge in [-0.3, -0.25) is 0 Å². The molecule has 0 saturated heterocycles. The molecule has 0 bridgehead atoms. The first kappa shape index (κ1) is 11.7. The molecule has 3 nitrogen and oxygen atoms in total. The standard InChI is InChI=1S/C17H17N3/c1-2-6-13-10-14(9-12(13)5-1)18-11-17-19-15-7-3-4-8-16(15)20-17/h1-8,14,18H,9-11H2,(H,19,20). The van der Waals surface area contributed by atoms with Crippen LogP contribution in [-0.4, -0.2) is 16.0 Å². The molecule has 1 aliphatic rings. The van der Waals surface area contributed by atoms with Gasteiger partial charge in [-0.2, -0.15) is 0 Å². The van der Waals surface area contributed by atoms with Crippen LogP contribution in [0.4, 0.5) is 0 Å². The molecule has 0 amide bonds. The van der Waals surface area contributed by atoms with Gasteiger partial charge < -0.3 is 10.3 Å². The lowest BCUT2D eigenvalue weighted by Gasteiger charge is -2.10. The summed E-state index contributed by atoms with van der Waals surface area (Å²) in [6.07, 6.45) is 2.24. The molecule has 2 aromatic carbocycles. The molecule has 1 heterocycles. The zero-order valence-corrected chi connectivity index (χ0v) is 11.3. The Morgan fingerprint density at radius 2 is 1.70 bits per heavy atom. The van der Waals surface area contributed by atoms with E-state index in [0.717, 1.165) is 36.2 Å². The first-order chi connectivity index (χ1) is 9.88. The third-order valence-electron chi connectivity index (χ3n) is 4.05. The van der Waals surface area contributed by atoms with Gasteiger partial charge in [-0.05, 0) is 36.1 Å². The number of benzene rings is 2. The summed E-state index contributed by atoms with van der Waals surface area (Å²) in [5, 5.41) is 3.61. The molecule has 100 valence electrons. The lowest BCUT2D eigenvalue weighted by Crippen LogP contribution is -2.29. The van der Waals surface area contributed by atoms with E-state index in [-0.39, 0.29) is 0 Å². The summed E-state index contributed by atoms with van der Waals surface area (Å²) < 4.78 is 0. The summed E-state index contributed by atoms with van der Waals surface area (Å²) in [5.74, 6) is 1.02. The van der Waals surface area contributed by atoms with Gasteiger partial charge in [-0.25, -0.2) is 4.98 Å². The van der Waals surface area contributed by atoms with Crippen molar-refractivity contribution < 1.29 is 0 Å². The van der Waals surface area contributed by atoms with Crippen molar-refractivity contribution in [2.75, 3.05) is 0 Å². The molecule has 0 aliphatic heterocycles. The molecule has 0 saturated carbocycles. The highest BCUT2D eigenvalue weighted by Crippen LogP contribution is 2.21. The molecule has 0 spiro atoms. The van der Waals surface area contributed by atoms with Gasteiger partial charge in [0.05, 0.1) is 17.6 Å². The lowest BCUT2D eigenvalue weighted by atomic mass is 10.1. The van der Waals surface area contributed by atoms with Crippen molar-refractivity contribution in [3.8, 4) is 0 Å². The fourth-order valence-electron chi connectivity index (χ4n) is 3.03. The largest absolute Gasteiger partial charge is 0.341 e. The Balaban J connectivity index is 1.44. The molecule has 0 fully saturated rings. The first-order valence-corrected chi connectivity index (χ1v) is 7.12. The molecule has 1 aromatic heterocycles. The number of hydrogen-bond acceptors (Lipinski definition) is 2. The molecule has 4 rings (SSSR count). The van der Waals surface area contributed by atoms with Crippen LogP contribution >= 0.6 is 0 Å². The molecule has 0 radical (unpaired) electrons. The second kappa shape index (κ2) is 4.76. The molecule has 3 aromatic rings. The van der Waals surface area contributed by atoms with Gasteiger partial charge in [0.1, 0.15) is 5.82 Å². The van der Waals surface area contributed by atoms with E-state index in [4.69, 9.17) is 0 Å². The van der Waals surface area contributed by atoms with E-state index in [2.05, 4.69) is 45.6 Å². The Morgan fingerprint density at radius 3 is 2.45 bits per heavy atom. The maximum atomic E-state index is 4.60. The second-order valence-electron chi connectivity index (χ2n) is 5.46. The number of rotatable bonds is 3. The highest BCUT2D eigenvalue weighted by atomic mass is 15.0. The number of nitrogens with one attached hydrogen (secondary N) is 2. The van der Waals surface area contributed by atoms with Crippen molar-refractivity contribution >= 4 is 11.0 Å². The molecule has 20 heavy (non-hydrogen) atoms. The summed E-state index contributed by atoms with van der Waals surface area (Å²) in [7, 11) is 0. The Bertz CT molecular complexity index is 687. The number of fused-ring (bicyclic) bond motifs is 2. The van der Waals surface area contributed by atoms with Crippen LogP contribution in [0.25, 0.3) is 11.0 Å². The minimum absolute atomic E-state index is 0.528. The SMILES string of the molecule is c1ccc2c(c1)CC(NCc1nc3ccccc3[nH]1)C2. The van der Waals surface area contributed by atoms with Gasteiger partial charge in [-0.1, -0.05) is 36.4 Å². The molecular weight excluding hydrogens is 246 g/mol. The molecule has 2 N–H and O–H groups in total. The van der Waals surface area contributed by atoms with Crippen LogP contribution < -0.4 is 5.32 Å². The van der Waals surface area contributed by atoms with Gasteiger partial charge >= 0.3 is 0 Å². The van der Waals surface area contributed by atoms with E-state index in [1.807, 2.05) is 18.2 Å². The van der Waals surface area contributed by atoms with Gasteiger partial charge in [0.15, 0.2) is 0 Å². The second-order valence-corrected chi connectivity index (χ2v) is 5.46. The summed E-state index contributed by atoms with van der Waals surface area (Å²) in [4.78, 5) is 7.97. The third-order valence-corrected chi connectivity index (χ3v) is 4.05. The topological polar surface area (TPSA) is 40.7 Å². The predicted octanol–water partition coefficient (Wildman–Crippen LogP) is 2.82. The van der Waals surface area contributed by atoms with Crippen LogP contribution in [0, 0.1) is 0 Å². The van der Waals surface area contributed by atoms with Crippen molar-refractivity contribution in [2.24, 2.45) is 0 Å². The molecule has 0 atom stereocenters. The normalized spacial score (nSPS) is 14.8. The van der Waals surface area contributed by atoms with Crippen LogP contribution in [0.1, 0.15) is 17.0 Å².